The SMILES string of the molecule is Cc1c(Cc2c(CN3CCSCC3)nc3c(N)cc(N4CCOCC4)nn23)cccc1C(F)(F)F. The summed E-state index contributed by atoms with van der Waals surface area (Å²) in [6.07, 6.45) is -4.12. The molecule has 2 aromatic heterocycles. The molecule has 2 aliphatic rings. The molecule has 11 heteroatoms. The third kappa shape index (κ3) is 5.07. The molecule has 4 heterocycles. The summed E-state index contributed by atoms with van der Waals surface area (Å²) in [5, 5.41) is 4.87. The molecular weight excluding hydrogens is 477 g/mol. The summed E-state index contributed by atoms with van der Waals surface area (Å²) in [4.78, 5) is 9.30. The number of ether oxygens (including phenoxy) is 1. The molecule has 0 amide bonds. The number of nitrogen functional groups attached to an aromatic ring is 1. The van der Waals surface area contributed by atoms with E-state index in [1.807, 2.05) is 17.8 Å². The number of anilines is 2. The van der Waals surface area contributed by atoms with Crippen molar-refractivity contribution in [1.82, 2.24) is 19.5 Å². The summed E-state index contributed by atoms with van der Waals surface area (Å²) >= 11 is 1.93. The van der Waals surface area contributed by atoms with E-state index >= 15 is 0 Å². The molecular formula is C24H29F3N6OS. The van der Waals surface area contributed by atoms with E-state index < -0.39 is 11.7 Å². The largest absolute Gasteiger partial charge is 0.416 e. The highest BCUT2D eigenvalue weighted by Gasteiger charge is 2.33. The quantitative estimate of drug-likeness (QED) is 0.567. The van der Waals surface area contributed by atoms with Crippen molar-refractivity contribution >= 4 is 28.9 Å². The second-order valence-electron chi connectivity index (χ2n) is 8.95. The number of nitrogens with zero attached hydrogens (tertiary/aromatic N) is 5. The highest BCUT2D eigenvalue weighted by Crippen LogP contribution is 2.34. The molecule has 2 saturated heterocycles. The van der Waals surface area contributed by atoms with Gasteiger partial charge in [-0.15, -0.1) is 5.10 Å². The lowest BCUT2D eigenvalue weighted by atomic mass is 9.98. The topological polar surface area (TPSA) is 71.9 Å². The first kappa shape index (κ1) is 24.2. The predicted octanol–water partition coefficient (Wildman–Crippen LogP) is 3.61. The lowest BCUT2D eigenvalue weighted by molar-refractivity contribution is -0.138. The number of aromatic nitrogens is 3. The Kier molecular flexibility index (Phi) is 6.82. The number of thioether (sulfide) groups is 1. The van der Waals surface area contributed by atoms with E-state index in [1.165, 1.54) is 13.0 Å². The first-order valence-corrected chi connectivity index (χ1v) is 12.9. The number of hydrogen-bond acceptors (Lipinski definition) is 7. The van der Waals surface area contributed by atoms with Gasteiger partial charge >= 0.3 is 6.18 Å². The molecule has 3 aromatic rings. The van der Waals surface area contributed by atoms with Crippen LogP contribution in [0.25, 0.3) is 5.65 Å². The molecule has 0 radical (unpaired) electrons. The second-order valence-corrected chi connectivity index (χ2v) is 10.2. The maximum absolute atomic E-state index is 13.6. The van der Waals surface area contributed by atoms with Crippen molar-refractivity contribution in [2.75, 3.05) is 61.5 Å². The van der Waals surface area contributed by atoms with Gasteiger partial charge in [0, 0.05) is 56.7 Å². The average Bonchev–Trinajstić information content (AvgIpc) is 3.18. The van der Waals surface area contributed by atoms with Gasteiger partial charge in [-0.05, 0) is 24.1 Å². The van der Waals surface area contributed by atoms with Gasteiger partial charge in [0.15, 0.2) is 11.5 Å². The van der Waals surface area contributed by atoms with Crippen LogP contribution in [0, 0.1) is 6.92 Å². The predicted molar refractivity (Wildman–Crippen MR) is 132 cm³/mol. The Morgan fingerprint density at radius 1 is 1.11 bits per heavy atom. The molecule has 5 rings (SSSR count). The van der Waals surface area contributed by atoms with Crippen LogP contribution in [0.15, 0.2) is 24.3 Å². The summed E-state index contributed by atoms with van der Waals surface area (Å²) in [6.45, 7) is 6.66. The minimum Gasteiger partial charge on any atom is -0.396 e. The molecule has 0 atom stereocenters. The van der Waals surface area contributed by atoms with Crippen molar-refractivity contribution in [3.05, 3.63) is 52.3 Å². The first-order chi connectivity index (χ1) is 16.8. The van der Waals surface area contributed by atoms with E-state index in [9.17, 15) is 13.2 Å². The Hall–Kier alpha value is -2.50. The lowest BCUT2D eigenvalue weighted by Crippen LogP contribution is -2.37. The molecule has 2 aliphatic heterocycles. The van der Waals surface area contributed by atoms with Crippen LogP contribution in [-0.2, 0) is 23.9 Å². The fraction of sp³-hybridized carbons (Fsp3) is 0.500. The highest BCUT2D eigenvalue weighted by molar-refractivity contribution is 7.99. The van der Waals surface area contributed by atoms with Gasteiger partial charge in [0.2, 0.25) is 0 Å². The van der Waals surface area contributed by atoms with Gasteiger partial charge in [0.25, 0.3) is 0 Å². The number of imidazole rings is 1. The van der Waals surface area contributed by atoms with Gasteiger partial charge in [-0.2, -0.15) is 24.9 Å². The van der Waals surface area contributed by atoms with Gasteiger partial charge in [0.1, 0.15) is 0 Å². The van der Waals surface area contributed by atoms with Gasteiger partial charge in [-0.1, -0.05) is 12.1 Å². The lowest BCUT2D eigenvalue weighted by Gasteiger charge is -2.28. The van der Waals surface area contributed by atoms with Crippen LogP contribution in [0.5, 0.6) is 0 Å². The Morgan fingerprint density at radius 3 is 2.57 bits per heavy atom. The van der Waals surface area contributed by atoms with Crippen molar-refractivity contribution in [3.63, 3.8) is 0 Å². The summed E-state index contributed by atoms with van der Waals surface area (Å²) < 4.78 is 48.0. The van der Waals surface area contributed by atoms with Gasteiger partial charge in [-0.3, -0.25) is 4.90 Å². The Labute approximate surface area is 206 Å². The third-order valence-corrected chi connectivity index (χ3v) is 7.64. The Bertz CT molecular complexity index is 1200. The average molecular weight is 507 g/mol. The third-order valence-electron chi connectivity index (χ3n) is 6.70. The minimum absolute atomic E-state index is 0.229. The fourth-order valence-corrected chi connectivity index (χ4v) is 5.68. The monoisotopic (exact) mass is 506 g/mol. The molecule has 0 aliphatic carbocycles. The van der Waals surface area contributed by atoms with Gasteiger partial charge in [-0.25, -0.2) is 9.50 Å². The van der Waals surface area contributed by atoms with Crippen LogP contribution < -0.4 is 10.6 Å². The number of fused-ring (bicyclic) bond motifs is 1. The Morgan fingerprint density at radius 2 is 1.86 bits per heavy atom. The van der Waals surface area contributed by atoms with E-state index in [0.717, 1.165) is 47.9 Å². The summed E-state index contributed by atoms with van der Waals surface area (Å²) in [5.41, 5.74) is 9.30. The van der Waals surface area contributed by atoms with Crippen LogP contribution >= 0.6 is 11.8 Å². The van der Waals surface area contributed by atoms with Crippen LogP contribution in [-0.4, -0.2) is 70.4 Å². The van der Waals surface area contributed by atoms with Crippen molar-refractivity contribution < 1.29 is 17.9 Å². The zero-order valence-corrected chi connectivity index (χ0v) is 20.5. The van der Waals surface area contributed by atoms with Crippen molar-refractivity contribution in [2.45, 2.75) is 26.1 Å². The number of nitrogens with two attached hydrogens (primary N) is 1. The normalized spacial score (nSPS) is 17.9. The molecule has 2 fully saturated rings. The standard InChI is InChI=1S/C24H29F3N6OS/c1-16-17(3-2-4-18(16)24(25,26)27)13-21-20(15-31-7-11-35-12-8-31)29-23-19(28)14-22(30-33(21)23)32-5-9-34-10-6-32/h2-4,14H,5-13,15,28H2,1H3. The molecule has 7 nitrogen and oxygen atoms in total. The maximum atomic E-state index is 13.6. The molecule has 1 aromatic carbocycles. The molecule has 0 saturated carbocycles. The van der Waals surface area contributed by atoms with E-state index in [-0.39, 0.29) is 12.0 Å². The number of rotatable bonds is 5. The number of hydrogen-bond donors (Lipinski definition) is 1. The number of morpholine rings is 1. The number of alkyl halides is 3. The number of benzene rings is 1. The van der Waals surface area contributed by atoms with Gasteiger partial charge < -0.3 is 15.4 Å². The Balaban J connectivity index is 1.60. The molecule has 35 heavy (non-hydrogen) atoms. The van der Waals surface area contributed by atoms with E-state index in [4.69, 9.17) is 20.6 Å². The zero-order chi connectivity index (χ0) is 24.6. The maximum Gasteiger partial charge on any atom is 0.416 e. The van der Waals surface area contributed by atoms with Crippen molar-refractivity contribution in [3.8, 4) is 0 Å². The fourth-order valence-electron chi connectivity index (χ4n) is 4.70. The molecule has 188 valence electrons. The van der Waals surface area contributed by atoms with E-state index in [2.05, 4.69) is 9.80 Å². The van der Waals surface area contributed by atoms with Crippen molar-refractivity contribution in [1.29, 1.82) is 0 Å². The summed E-state index contributed by atoms with van der Waals surface area (Å²) in [7, 11) is 0. The summed E-state index contributed by atoms with van der Waals surface area (Å²) in [6, 6.07) is 6.18. The van der Waals surface area contributed by atoms with Gasteiger partial charge in [0.05, 0.1) is 35.9 Å². The zero-order valence-electron chi connectivity index (χ0n) is 19.6. The van der Waals surface area contributed by atoms with Crippen LogP contribution in [0.1, 0.15) is 28.1 Å². The smallest absolute Gasteiger partial charge is 0.396 e. The van der Waals surface area contributed by atoms with Crippen molar-refractivity contribution in [2.24, 2.45) is 0 Å². The van der Waals surface area contributed by atoms with E-state index in [0.29, 0.717) is 49.7 Å². The molecule has 0 spiro atoms. The molecule has 0 bridgehead atoms. The molecule has 2 N–H and O–H groups in total. The molecule has 0 unspecified atom stereocenters. The first-order valence-electron chi connectivity index (χ1n) is 11.8. The summed E-state index contributed by atoms with van der Waals surface area (Å²) in [5.74, 6) is 2.83. The van der Waals surface area contributed by atoms with Crippen LogP contribution in [0.4, 0.5) is 24.7 Å². The van der Waals surface area contributed by atoms with E-state index in [1.54, 1.807) is 10.6 Å². The highest BCUT2D eigenvalue weighted by atomic mass is 32.2. The second kappa shape index (κ2) is 9.87. The number of halogens is 3. The van der Waals surface area contributed by atoms with Crippen LogP contribution in [0.2, 0.25) is 0 Å². The minimum atomic E-state index is -4.40. The van der Waals surface area contributed by atoms with Crippen LogP contribution in [0.3, 0.4) is 0 Å².